The molecule has 0 aliphatic carbocycles. The van der Waals surface area contributed by atoms with Crippen molar-refractivity contribution in [2.75, 3.05) is 0 Å². The van der Waals surface area contributed by atoms with E-state index in [0.717, 1.165) is 0 Å². The van der Waals surface area contributed by atoms with Crippen LogP contribution in [0.4, 0.5) is 0 Å². The number of benzene rings is 1. The maximum absolute atomic E-state index is 12.9. The lowest BCUT2D eigenvalue weighted by Gasteiger charge is -2.26. The summed E-state index contributed by atoms with van der Waals surface area (Å²) in [6, 6.07) is 8.21. The van der Waals surface area contributed by atoms with Crippen LogP contribution >= 0.6 is 7.52 Å². The van der Waals surface area contributed by atoms with Crippen molar-refractivity contribution in [3.63, 3.8) is 0 Å². The summed E-state index contributed by atoms with van der Waals surface area (Å²) >= 11 is 0. The second-order valence-corrected chi connectivity index (χ2v) is 8.10. The molecule has 5 nitrogen and oxygen atoms in total. The van der Waals surface area contributed by atoms with Gasteiger partial charge in [0, 0.05) is 0 Å². The van der Waals surface area contributed by atoms with E-state index in [2.05, 4.69) is 5.09 Å². The third-order valence-corrected chi connectivity index (χ3v) is 5.33. The van der Waals surface area contributed by atoms with Crippen LogP contribution in [0.5, 0.6) is 5.75 Å². The zero-order valence-corrected chi connectivity index (χ0v) is 14.1. The molecule has 0 aromatic heterocycles. The van der Waals surface area contributed by atoms with E-state index in [-0.39, 0.29) is 11.8 Å². The van der Waals surface area contributed by atoms with Crippen molar-refractivity contribution in [1.82, 2.24) is 5.09 Å². The first-order chi connectivity index (χ1) is 9.74. The van der Waals surface area contributed by atoms with Gasteiger partial charge in [-0.15, -0.1) is 0 Å². The van der Waals surface area contributed by atoms with Crippen LogP contribution in [0.2, 0.25) is 0 Å². The third kappa shape index (κ3) is 5.52. The fourth-order valence-electron chi connectivity index (χ4n) is 1.58. The molecule has 1 rings (SSSR count). The molecule has 0 heterocycles. The molecule has 6 heteroatoms. The minimum Gasteiger partial charge on any atom is -0.462 e. The van der Waals surface area contributed by atoms with Crippen molar-refractivity contribution in [2.24, 2.45) is 0 Å². The molecule has 0 aliphatic rings. The normalized spacial score (nSPS) is 15.6. The number of carbonyl (C=O) groups excluding carboxylic acids is 1. The molecule has 0 fully saturated rings. The lowest BCUT2D eigenvalue weighted by atomic mass is 10.3. The van der Waals surface area contributed by atoms with E-state index in [4.69, 9.17) is 9.26 Å². The van der Waals surface area contributed by atoms with Gasteiger partial charge in [-0.1, -0.05) is 32.0 Å². The van der Waals surface area contributed by atoms with Gasteiger partial charge in [-0.25, -0.2) is 5.09 Å². The van der Waals surface area contributed by atoms with Crippen molar-refractivity contribution in [1.29, 1.82) is 0 Å². The number of rotatable bonds is 7. The van der Waals surface area contributed by atoms with Crippen LogP contribution in [0.15, 0.2) is 30.3 Å². The highest BCUT2D eigenvalue weighted by Gasteiger charge is 2.33. The molecule has 0 unspecified atom stereocenters. The molecule has 21 heavy (non-hydrogen) atoms. The lowest BCUT2D eigenvalue weighted by molar-refractivity contribution is -0.149. The quantitative estimate of drug-likeness (QED) is 0.615. The maximum Gasteiger partial charge on any atom is 0.323 e. The average molecular weight is 313 g/mol. The molecule has 0 radical (unpaired) electrons. The van der Waals surface area contributed by atoms with Gasteiger partial charge in [-0.3, -0.25) is 9.36 Å². The van der Waals surface area contributed by atoms with E-state index < -0.39 is 19.5 Å². The highest BCUT2D eigenvalue weighted by molar-refractivity contribution is 7.58. The van der Waals surface area contributed by atoms with Crippen molar-refractivity contribution in [3.8, 4) is 5.75 Å². The van der Waals surface area contributed by atoms with Crippen LogP contribution in [0.1, 0.15) is 34.6 Å². The Bertz CT molecular complexity index is 502. The molecule has 118 valence electrons. The SMILES string of the molecule is CC(C)OC(=O)[C@@H](C)N[P@@](=O)(Oc1ccccc1)C(C)C. The highest BCUT2D eigenvalue weighted by Crippen LogP contribution is 2.48. The highest BCUT2D eigenvalue weighted by atomic mass is 31.2. The number of para-hydroxylation sites is 1. The van der Waals surface area contributed by atoms with Gasteiger partial charge < -0.3 is 9.26 Å². The predicted molar refractivity (Wildman–Crippen MR) is 83.6 cm³/mol. The molecular formula is C15H24NO4P. The summed E-state index contributed by atoms with van der Waals surface area (Å²) in [4.78, 5) is 11.8. The van der Waals surface area contributed by atoms with E-state index >= 15 is 0 Å². The van der Waals surface area contributed by atoms with Gasteiger partial charge in [-0.2, -0.15) is 0 Å². The van der Waals surface area contributed by atoms with Crippen molar-refractivity contribution < 1.29 is 18.6 Å². The second-order valence-electron chi connectivity index (χ2n) is 5.43. The first kappa shape index (κ1) is 17.7. The van der Waals surface area contributed by atoms with Crippen molar-refractivity contribution in [2.45, 2.75) is 52.4 Å². The molecule has 2 atom stereocenters. The Balaban J connectivity index is 2.81. The van der Waals surface area contributed by atoms with Gasteiger partial charge in [0.15, 0.2) is 0 Å². The summed E-state index contributed by atoms with van der Waals surface area (Å²) in [6.07, 6.45) is -0.213. The number of ether oxygens (including phenoxy) is 1. The molecule has 0 spiro atoms. The number of nitrogens with one attached hydrogen (secondary N) is 1. The van der Waals surface area contributed by atoms with Gasteiger partial charge >= 0.3 is 13.5 Å². The third-order valence-electron chi connectivity index (χ3n) is 2.74. The predicted octanol–water partition coefficient (Wildman–Crippen LogP) is 3.60. The molecule has 1 aromatic carbocycles. The zero-order chi connectivity index (χ0) is 16.0. The van der Waals surface area contributed by atoms with Crippen LogP contribution in [0, 0.1) is 0 Å². The van der Waals surface area contributed by atoms with Crippen molar-refractivity contribution >= 4 is 13.5 Å². The first-order valence-electron chi connectivity index (χ1n) is 7.07. The van der Waals surface area contributed by atoms with Gasteiger partial charge in [0.2, 0.25) is 0 Å². The van der Waals surface area contributed by atoms with Crippen LogP contribution in [-0.4, -0.2) is 23.8 Å². The Morgan fingerprint density at radius 1 is 1.10 bits per heavy atom. The Hall–Kier alpha value is -1.32. The van der Waals surface area contributed by atoms with Crippen LogP contribution in [-0.2, 0) is 14.1 Å². The Morgan fingerprint density at radius 3 is 2.14 bits per heavy atom. The number of hydrogen-bond acceptors (Lipinski definition) is 4. The van der Waals surface area contributed by atoms with Gasteiger partial charge in [0.25, 0.3) is 0 Å². The van der Waals surface area contributed by atoms with Gasteiger partial charge in [-0.05, 0) is 32.9 Å². The number of hydrogen-bond donors (Lipinski definition) is 1. The minimum absolute atomic E-state index is 0.213. The molecule has 0 amide bonds. The van der Waals surface area contributed by atoms with Crippen LogP contribution < -0.4 is 9.61 Å². The fraction of sp³-hybridized carbons (Fsp3) is 0.533. The van der Waals surface area contributed by atoms with E-state index in [1.165, 1.54) is 0 Å². The molecule has 1 N–H and O–H groups in total. The fourth-order valence-corrected chi connectivity index (χ4v) is 3.22. The summed E-state index contributed by atoms with van der Waals surface area (Å²) in [5.74, 6) is 0.0639. The van der Waals surface area contributed by atoms with E-state index in [1.807, 2.05) is 6.07 Å². The molecule has 1 aromatic rings. The first-order valence-corrected chi connectivity index (χ1v) is 8.76. The second kappa shape index (κ2) is 7.62. The summed E-state index contributed by atoms with van der Waals surface area (Å²) < 4.78 is 23.7. The Labute approximate surface area is 126 Å². The molecular weight excluding hydrogens is 289 g/mol. The summed E-state index contributed by atoms with van der Waals surface area (Å²) in [5, 5.41) is 2.81. The summed E-state index contributed by atoms with van der Waals surface area (Å²) in [5.41, 5.74) is -0.271. The smallest absolute Gasteiger partial charge is 0.323 e. The topological polar surface area (TPSA) is 64.6 Å². The average Bonchev–Trinajstić information content (AvgIpc) is 2.38. The minimum atomic E-state index is -3.22. The van der Waals surface area contributed by atoms with E-state index in [1.54, 1.807) is 58.9 Å². The zero-order valence-electron chi connectivity index (χ0n) is 13.2. The number of esters is 1. The lowest BCUT2D eigenvalue weighted by Crippen LogP contribution is -2.37. The molecule has 0 bridgehead atoms. The maximum atomic E-state index is 12.9. The van der Waals surface area contributed by atoms with Crippen LogP contribution in [0.25, 0.3) is 0 Å². The monoisotopic (exact) mass is 313 g/mol. The number of carbonyl (C=O) groups is 1. The van der Waals surface area contributed by atoms with Crippen molar-refractivity contribution in [3.05, 3.63) is 30.3 Å². The van der Waals surface area contributed by atoms with E-state index in [0.29, 0.717) is 5.75 Å². The molecule has 0 saturated carbocycles. The van der Waals surface area contributed by atoms with Crippen LogP contribution in [0.3, 0.4) is 0 Å². The largest absolute Gasteiger partial charge is 0.462 e. The Morgan fingerprint density at radius 2 is 1.67 bits per heavy atom. The van der Waals surface area contributed by atoms with Gasteiger partial charge in [0.1, 0.15) is 11.8 Å². The summed E-state index contributed by atoms with van der Waals surface area (Å²) in [6.45, 7) is 8.74. The standard InChI is InChI=1S/C15H24NO4P/c1-11(2)19-15(17)13(5)16-21(18,12(3)4)20-14-9-7-6-8-10-14/h6-13H,1-5H3,(H,16,18)/t13-,21+/m1/s1. The molecule has 0 aliphatic heterocycles. The summed E-state index contributed by atoms with van der Waals surface area (Å²) in [7, 11) is -3.22. The Kier molecular flexibility index (Phi) is 6.43. The van der Waals surface area contributed by atoms with E-state index in [9.17, 15) is 9.36 Å². The van der Waals surface area contributed by atoms with Gasteiger partial charge in [0.05, 0.1) is 11.8 Å². The molecule has 0 saturated heterocycles.